The van der Waals surface area contributed by atoms with Gasteiger partial charge < -0.3 is 10.0 Å². The topological polar surface area (TPSA) is 40.5 Å². The lowest BCUT2D eigenvalue weighted by atomic mass is 10.0. The molecule has 2 aromatic rings. The van der Waals surface area contributed by atoms with Gasteiger partial charge in [-0.3, -0.25) is 4.79 Å². The first-order valence-electron chi connectivity index (χ1n) is 10.6. The third-order valence-corrected chi connectivity index (χ3v) is 5.68. The zero-order valence-corrected chi connectivity index (χ0v) is 19.5. The van der Waals surface area contributed by atoms with Crippen LogP contribution in [-0.2, 0) is 4.79 Å². The van der Waals surface area contributed by atoms with Crippen LogP contribution < -0.4 is 4.90 Å². The second-order valence-corrected chi connectivity index (χ2v) is 8.52. The predicted octanol–water partition coefficient (Wildman–Crippen LogP) is 6.77. The summed E-state index contributed by atoms with van der Waals surface area (Å²) < 4.78 is 1.00. The fourth-order valence-corrected chi connectivity index (χ4v) is 3.85. The molecule has 0 fully saturated rings. The lowest BCUT2D eigenvalue weighted by Gasteiger charge is -2.15. The molecular weight excluding hydrogens is 450 g/mol. The molecule has 2 aromatic carbocycles. The van der Waals surface area contributed by atoms with E-state index in [-0.39, 0.29) is 5.91 Å². The summed E-state index contributed by atoms with van der Waals surface area (Å²) in [4.78, 5) is 14.6. The number of aliphatic hydroxyl groups excluding tert-OH is 1. The minimum absolute atomic E-state index is 0.0642. The summed E-state index contributed by atoms with van der Waals surface area (Å²) in [7, 11) is 0. The first-order valence-corrected chi connectivity index (χ1v) is 11.4. The third kappa shape index (κ3) is 5.93. The number of hydrogen-bond donors (Lipinski definition) is 1. The van der Waals surface area contributed by atoms with Crippen molar-refractivity contribution in [3.8, 4) is 0 Å². The van der Waals surface area contributed by atoms with Gasteiger partial charge in [-0.15, -0.1) is 0 Å². The molecule has 3 rings (SSSR count). The summed E-state index contributed by atoms with van der Waals surface area (Å²) >= 11 is 3.41. The van der Waals surface area contributed by atoms with Crippen LogP contribution >= 0.6 is 15.9 Å². The van der Waals surface area contributed by atoms with Gasteiger partial charge in [0.05, 0.1) is 11.8 Å². The van der Waals surface area contributed by atoms with Crippen LogP contribution in [-0.4, -0.2) is 17.6 Å². The summed E-state index contributed by atoms with van der Waals surface area (Å²) in [5, 5.41) is 10.4. The molecule has 1 N–H and O–H groups in total. The van der Waals surface area contributed by atoms with Crippen molar-refractivity contribution in [1.82, 2.24) is 0 Å². The Balaban J connectivity index is 1.60. The number of benzene rings is 2. The van der Waals surface area contributed by atoms with Crippen molar-refractivity contribution >= 4 is 33.1 Å². The summed E-state index contributed by atoms with van der Waals surface area (Å²) in [6.45, 7) is 4.82. The summed E-state index contributed by atoms with van der Waals surface area (Å²) in [5.41, 5.74) is 4.72. The molecule has 1 aliphatic rings. The number of carbonyl (C=O) groups excluding carboxylic acids is 1. The van der Waals surface area contributed by atoms with E-state index in [1.165, 1.54) is 0 Å². The second kappa shape index (κ2) is 11.1. The van der Waals surface area contributed by atoms with Crippen molar-refractivity contribution in [2.24, 2.45) is 0 Å². The van der Waals surface area contributed by atoms with Gasteiger partial charge in [0.1, 0.15) is 0 Å². The number of amides is 1. The molecule has 1 amide bonds. The molecule has 3 nitrogen and oxygen atoms in total. The smallest absolute Gasteiger partial charge is 0.258 e. The van der Waals surface area contributed by atoms with Crippen molar-refractivity contribution in [3.63, 3.8) is 0 Å². The summed E-state index contributed by atoms with van der Waals surface area (Å²) in [5.74, 6) is 0.0642. The Kier molecular flexibility index (Phi) is 8.21. The normalized spacial score (nSPS) is 16.6. The maximum absolute atomic E-state index is 12.8. The lowest BCUT2D eigenvalue weighted by molar-refractivity contribution is -0.113. The van der Waals surface area contributed by atoms with E-state index < -0.39 is 6.10 Å². The number of nitrogens with zero attached hydrogens (tertiary/aromatic N) is 1. The molecule has 31 heavy (non-hydrogen) atoms. The number of fused-ring (bicyclic) bond motifs is 1. The molecule has 0 unspecified atom stereocenters. The van der Waals surface area contributed by atoms with Gasteiger partial charge in [-0.25, -0.2) is 0 Å². The van der Waals surface area contributed by atoms with E-state index in [1.54, 1.807) is 0 Å². The van der Waals surface area contributed by atoms with Crippen LogP contribution in [0.2, 0.25) is 0 Å². The van der Waals surface area contributed by atoms with Crippen molar-refractivity contribution < 1.29 is 9.90 Å². The van der Waals surface area contributed by atoms with Gasteiger partial charge in [-0.2, -0.15) is 0 Å². The number of hydrogen-bond acceptors (Lipinski definition) is 2. The first-order chi connectivity index (χ1) is 15.0. The number of para-hydroxylation sites is 1. The zero-order chi connectivity index (χ0) is 22.2. The third-order valence-electron chi connectivity index (χ3n) is 5.15. The van der Waals surface area contributed by atoms with Crippen LogP contribution in [0.4, 0.5) is 5.69 Å². The highest BCUT2D eigenvalue weighted by Crippen LogP contribution is 2.36. The quantitative estimate of drug-likeness (QED) is 0.336. The van der Waals surface area contributed by atoms with Crippen LogP contribution in [0.25, 0.3) is 5.57 Å². The molecule has 0 radical (unpaired) electrons. The van der Waals surface area contributed by atoms with Crippen LogP contribution in [0.1, 0.15) is 43.9 Å². The Morgan fingerprint density at radius 1 is 1.06 bits per heavy atom. The maximum Gasteiger partial charge on any atom is 0.258 e. The molecule has 1 atom stereocenters. The molecule has 0 saturated heterocycles. The van der Waals surface area contributed by atoms with Gasteiger partial charge in [0, 0.05) is 22.2 Å². The molecule has 1 heterocycles. The van der Waals surface area contributed by atoms with Gasteiger partial charge in [-0.05, 0) is 49.6 Å². The van der Waals surface area contributed by atoms with Crippen LogP contribution in [0.5, 0.6) is 0 Å². The monoisotopic (exact) mass is 477 g/mol. The Morgan fingerprint density at radius 3 is 2.52 bits per heavy atom. The van der Waals surface area contributed by atoms with E-state index in [1.807, 2.05) is 96.8 Å². The van der Waals surface area contributed by atoms with Gasteiger partial charge in [-0.1, -0.05) is 89.1 Å². The van der Waals surface area contributed by atoms with Gasteiger partial charge in [0.15, 0.2) is 0 Å². The van der Waals surface area contributed by atoms with Crippen LogP contribution in [0.3, 0.4) is 0 Å². The first kappa shape index (κ1) is 23.0. The Morgan fingerprint density at radius 2 is 1.77 bits per heavy atom. The minimum atomic E-state index is -0.516. The molecule has 0 aromatic heterocycles. The van der Waals surface area contributed by atoms with E-state index in [9.17, 15) is 9.90 Å². The predicted molar refractivity (Wildman–Crippen MR) is 133 cm³/mol. The lowest BCUT2D eigenvalue weighted by Crippen LogP contribution is -2.26. The standard InChI is InChI=1S/C27H28BrNO2/c1-3-18-29-25-13-9-8-11-23(25)24(27(29)31)12-7-5-4-6-10-20(2)19-26(30)21-14-16-22(28)17-15-21/h4-17,26,30H,3,18-19H2,1-2H3/b6-4+,7-5+,20-10+,24-12+/t26-/m1/s1. The fourth-order valence-electron chi connectivity index (χ4n) is 3.59. The molecule has 4 heteroatoms. The highest BCUT2D eigenvalue weighted by molar-refractivity contribution is 9.10. The highest BCUT2D eigenvalue weighted by atomic mass is 79.9. The van der Waals surface area contributed by atoms with E-state index >= 15 is 0 Å². The molecular formula is C27H28BrNO2. The van der Waals surface area contributed by atoms with Gasteiger partial charge in [0.25, 0.3) is 5.91 Å². The fraction of sp³-hybridized carbons (Fsp3) is 0.222. The van der Waals surface area contributed by atoms with Crippen LogP contribution in [0, 0.1) is 0 Å². The van der Waals surface area contributed by atoms with E-state index in [4.69, 9.17) is 0 Å². The number of allylic oxidation sites excluding steroid dienone is 6. The highest BCUT2D eigenvalue weighted by Gasteiger charge is 2.30. The molecule has 0 saturated carbocycles. The van der Waals surface area contributed by atoms with Crippen LogP contribution in [0.15, 0.2) is 95.0 Å². The Bertz CT molecular complexity index is 1030. The summed E-state index contributed by atoms with van der Waals surface area (Å²) in [6.07, 6.45) is 12.6. The molecule has 0 bridgehead atoms. The van der Waals surface area contributed by atoms with Crippen molar-refractivity contribution in [3.05, 3.63) is 106 Å². The molecule has 1 aliphatic heterocycles. The number of rotatable bonds is 8. The molecule has 0 aliphatic carbocycles. The second-order valence-electron chi connectivity index (χ2n) is 7.61. The minimum Gasteiger partial charge on any atom is -0.388 e. The Labute approximate surface area is 193 Å². The number of aliphatic hydroxyl groups is 1. The van der Waals surface area contributed by atoms with Crippen molar-refractivity contribution in [2.45, 2.75) is 32.8 Å². The van der Waals surface area contributed by atoms with Gasteiger partial charge in [0.2, 0.25) is 0 Å². The molecule has 0 spiro atoms. The summed E-state index contributed by atoms with van der Waals surface area (Å²) in [6, 6.07) is 15.7. The average molecular weight is 478 g/mol. The van der Waals surface area contributed by atoms with Gasteiger partial charge >= 0.3 is 0 Å². The number of halogens is 1. The van der Waals surface area contributed by atoms with Crippen molar-refractivity contribution in [2.75, 3.05) is 11.4 Å². The SMILES string of the molecule is CCCN1C(=O)/C(=C/C=C/C=C/C=C(\C)C[C@@H](O)c2ccc(Br)cc2)c2ccccc21. The average Bonchev–Trinajstić information content (AvgIpc) is 3.02. The number of anilines is 1. The van der Waals surface area contributed by atoms with E-state index in [2.05, 4.69) is 22.9 Å². The van der Waals surface area contributed by atoms with Crippen molar-refractivity contribution in [1.29, 1.82) is 0 Å². The zero-order valence-electron chi connectivity index (χ0n) is 18.0. The molecule has 160 valence electrons. The van der Waals surface area contributed by atoms with E-state index in [0.29, 0.717) is 6.42 Å². The Hall–Kier alpha value is -2.69. The maximum atomic E-state index is 12.8. The van der Waals surface area contributed by atoms with E-state index in [0.717, 1.165) is 45.4 Å². The number of carbonyl (C=O) groups is 1. The largest absolute Gasteiger partial charge is 0.388 e.